The number of rotatable bonds is 5. The van der Waals surface area contributed by atoms with Gasteiger partial charge in [0.05, 0.1) is 18.7 Å². The van der Waals surface area contributed by atoms with Gasteiger partial charge in [-0.15, -0.1) is 0 Å². The number of nitrogens with zero attached hydrogens (tertiary/aromatic N) is 2. The van der Waals surface area contributed by atoms with Crippen LogP contribution in [0, 0.1) is 0 Å². The second-order valence-corrected chi connectivity index (χ2v) is 5.87. The molecule has 0 N–H and O–H groups in total. The fraction of sp³-hybridized carbons (Fsp3) is 0.150. The number of carbonyl (C=O) groups is 1. The van der Waals surface area contributed by atoms with E-state index in [1.165, 1.54) is 17.7 Å². The summed E-state index contributed by atoms with van der Waals surface area (Å²) in [4.78, 5) is 37.2. The van der Waals surface area contributed by atoms with Crippen LogP contribution in [0.2, 0.25) is 0 Å². The molecule has 2 aromatic carbocycles. The number of benzene rings is 2. The molecule has 25 heavy (non-hydrogen) atoms. The molecule has 0 unspecified atom stereocenters. The maximum absolute atomic E-state index is 12.8. The predicted molar refractivity (Wildman–Crippen MR) is 96.1 cm³/mol. The summed E-state index contributed by atoms with van der Waals surface area (Å²) in [6, 6.07) is 18.7. The lowest BCUT2D eigenvalue weighted by molar-refractivity contribution is 0.101. The highest BCUT2D eigenvalue weighted by Crippen LogP contribution is 2.03. The normalized spacial score (nSPS) is 10.6. The van der Waals surface area contributed by atoms with Gasteiger partial charge in [-0.2, -0.15) is 0 Å². The number of hydrogen-bond donors (Lipinski definition) is 0. The van der Waals surface area contributed by atoms with Crippen LogP contribution < -0.4 is 11.2 Å². The maximum Gasteiger partial charge on any atom is 0.331 e. The van der Waals surface area contributed by atoms with Gasteiger partial charge in [0.25, 0.3) is 5.56 Å². The molecule has 3 rings (SSSR count). The van der Waals surface area contributed by atoms with Crippen molar-refractivity contribution in [3.63, 3.8) is 0 Å². The summed E-state index contributed by atoms with van der Waals surface area (Å²) >= 11 is 0. The quantitative estimate of drug-likeness (QED) is 0.673. The highest BCUT2D eigenvalue weighted by atomic mass is 16.2. The Morgan fingerprint density at radius 1 is 0.840 bits per heavy atom. The van der Waals surface area contributed by atoms with Crippen molar-refractivity contribution in [3.8, 4) is 0 Å². The Hall–Kier alpha value is -3.21. The van der Waals surface area contributed by atoms with E-state index >= 15 is 0 Å². The molecule has 0 atom stereocenters. The van der Waals surface area contributed by atoms with Crippen molar-refractivity contribution in [2.75, 3.05) is 0 Å². The Bertz CT molecular complexity index is 1000. The minimum Gasteiger partial charge on any atom is -0.295 e. The third-order valence-electron chi connectivity index (χ3n) is 4.00. The first-order valence-electron chi connectivity index (χ1n) is 7.99. The van der Waals surface area contributed by atoms with Crippen LogP contribution >= 0.6 is 0 Å². The summed E-state index contributed by atoms with van der Waals surface area (Å²) in [6.07, 6.45) is 1.36. The number of ketones is 1. The first-order chi connectivity index (χ1) is 12.1. The molecule has 0 amide bonds. The van der Waals surface area contributed by atoms with Crippen molar-refractivity contribution >= 4 is 5.78 Å². The molecule has 0 radical (unpaired) electrons. The van der Waals surface area contributed by atoms with E-state index in [9.17, 15) is 14.4 Å². The fourth-order valence-corrected chi connectivity index (χ4v) is 2.69. The summed E-state index contributed by atoms with van der Waals surface area (Å²) in [5, 5.41) is 0. The van der Waals surface area contributed by atoms with E-state index in [4.69, 9.17) is 0 Å². The van der Waals surface area contributed by atoms with Crippen molar-refractivity contribution in [1.82, 2.24) is 9.13 Å². The average Bonchev–Trinajstić information content (AvgIpc) is 2.62. The molecular weight excluding hydrogens is 316 g/mol. The third kappa shape index (κ3) is 3.66. The van der Waals surface area contributed by atoms with Crippen molar-refractivity contribution in [3.05, 3.63) is 104 Å². The smallest absolute Gasteiger partial charge is 0.295 e. The Labute approximate surface area is 144 Å². The molecule has 0 fully saturated rings. The van der Waals surface area contributed by atoms with E-state index in [1.54, 1.807) is 0 Å². The number of hydrogen-bond acceptors (Lipinski definition) is 3. The molecule has 0 bridgehead atoms. The fourth-order valence-electron chi connectivity index (χ4n) is 2.69. The standard InChI is InChI=1S/C20H18N2O3/c1-15(23)18-14-21(12-16-8-4-2-5-9-16)20(25)22(19(18)24)13-17-10-6-3-7-11-17/h2-11,14H,12-13H2,1H3. The van der Waals surface area contributed by atoms with Crippen LogP contribution in [0.15, 0.2) is 76.4 Å². The summed E-state index contributed by atoms with van der Waals surface area (Å²) < 4.78 is 2.53. The van der Waals surface area contributed by atoms with Gasteiger partial charge >= 0.3 is 5.69 Å². The van der Waals surface area contributed by atoms with E-state index in [-0.39, 0.29) is 17.9 Å². The second-order valence-electron chi connectivity index (χ2n) is 5.87. The molecule has 0 saturated carbocycles. The van der Waals surface area contributed by atoms with Gasteiger partial charge in [0, 0.05) is 6.20 Å². The van der Waals surface area contributed by atoms with Gasteiger partial charge in [-0.3, -0.25) is 18.7 Å². The van der Waals surface area contributed by atoms with Crippen molar-refractivity contribution in [2.24, 2.45) is 0 Å². The van der Waals surface area contributed by atoms with Crippen LogP contribution in [0.1, 0.15) is 28.4 Å². The molecule has 3 aromatic rings. The summed E-state index contributed by atoms with van der Waals surface area (Å²) in [6.45, 7) is 1.77. The van der Waals surface area contributed by atoms with Crippen LogP contribution in [0.25, 0.3) is 0 Å². The van der Waals surface area contributed by atoms with Gasteiger partial charge in [-0.25, -0.2) is 4.79 Å². The molecule has 1 aromatic heterocycles. The lowest BCUT2D eigenvalue weighted by Gasteiger charge is -2.12. The topological polar surface area (TPSA) is 61.1 Å². The number of aromatic nitrogens is 2. The van der Waals surface area contributed by atoms with Gasteiger partial charge < -0.3 is 0 Å². The average molecular weight is 334 g/mol. The molecule has 5 nitrogen and oxygen atoms in total. The van der Waals surface area contributed by atoms with Gasteiger partial charge in [0.15, 0.2) is 5.78 Å². The van der Waals surface area contributed by atoms with Crippen molar-refractivity contribution in [1.29, 1.82) is 0 Å². The minimum atomic E-state index is -0.550. The second kappa shape index (κ2) is 7.13. The van der Waals surface area contributed by atoms with Gasteiger partial charge in [-0.05, 0) is 18.1 Å². The molecule has 0 spiro atoms. The van der Waals surface area contributed by atoms with Crippen LogP contribution in [-0.4, -0.2) is 14.9 Å². The van der Waals surface area contributed by atoms with E-state index in [1.807, 2.05) is 60.7 Å². The van der Waals surface area contributed by atoms with E-state index < -0.39 is 11.2 Å². The van der Waals surface area contributed by atoms with Gasteiger partial charge in [0.1, 0.15) is 0 Å². The zero-order chi connectivity index (χ0) is 17.8. The molecule has 0 aliphatic heterocycles. The lowest BCUT2D eigenvalue weighted by Crippen LogP contribution is -2.42. The van der Waals surface area contributed by atoms with Gasteiger partial charge in [0.2, 0.25) is 0 Å². The van der Waals surface area contributed by atoms with E-state index in [0.717, 1.165) is 15.7 Å². The van der Waals surface area contributed by atoms with E-state index in [2.05, 4.69) is 0 Å². The van der Waals surface area contributed by atoms with Crippen molar-refractivity contribution < 1.29 is 4.79 Å². The molecule has 5 heteroatoms. The van der Waals surface area contributed by atoms with Crippen molar-refractivity contribution in [2.45, 2.75) is 20.0 Å². The molecule has 0 aliphatic carbocycles. The number of Topliss-reactive ketones (excluding diaryl/α,β-unsaturated/α-hetero) is 1. The first kappa shape index (κ1) is 16.6. The summed E-state index contributed by atoms with van der Waals surface area (Å²) in [5.41, 5.74) is 0.789. The molecular formula is C20H18N2O3. The number of carbonyl (C=O) groups excluding carboxylic acids is 1. The highest BCUT2D eigenvalue weighted by Gasteiger charge is 2.15. The Balaban J connectivity index is 2.11. The SMILES string of the molecule is CC(=O)c1cn(Cc2ccccc2)c(=O)n(Cc2ccccc2)c1=O. The predicted octanol–water partition coefficient (Wildman–Crippen LogP) is 2.31. The Morgan fingerprint density at radius 3 is 1.88 bits per heavy atom. The van der Waals surface area contributed by atoms with E-state index in [0.29, 0.717) is 6.54 Å². The largest absolute Gasteiger partial charge is 0.331 e. The maximum atomic E-state index is 12.8. The highest BCUT2D eigenvalue weighted by molar-refractivity contribution is 5.93. The summed E-state index contributed by atoms with van der Waals surface area (Å²) in [7, 11) is 0. The Morgan fingerprint density at radius 2 is 1.36 bits per heavy atom. The van der Waals surface area contributed by atoms with Crippen LogP contribution in [0.5, 0.6) is 0 Å². The summed E-state index contributed by atoms with van der Waals surface area (Å²) in [5.74, 6) is -0.353. The first-order valence-corrected chi connectivity index (χ1v) is 7.99. The monoisotopic (exact) mass is 334 g/mol. The van der Waals surface area contributed by atoms with Crippen LogP contribution in [0.3, 0.4) is 0 Å². The minimum absolute atomic E-state index is 0.0199. The molecule has 0 aliphatic rings. The Kier molecular flexibility index (Phi) is 4.75. The molecule has 1 heterocycles. The van der Waals surface area contributed by atoms with Gasteiger partial charge in [-0.1, -0.05) is 60.7 Å². The molecule has 126 valence electrons. The van der Waals surface area contributed by atoms with Crippen LogP contribution in [0.4, 0.5) is 0 Å². The molecule has 0 saturated heterocycles. The lowest BCUT2D eigenvalue weighted by atomic mass is 10.2. The third-order valence-corrected chi connectivity index (χ3v) is 4.00. The van der Waals surface area contributed by atoms with Crippen LogP contribution in [-0.2, 0) is 13.1 Å². The zero-order valence-electron chi connectivity index (χ0n) is 13.9. The zero-order valence-corrected chi connectivity index (χ0v) is 13.9.